The van der Waals surface area contributed by atoms with E-state index in [0.717, 1.165) is 0 Å². The quantitative estimate of drug-likeness (QED) is 0.588. The van der Waals surface area contributed by atoms with Gasteiger partial charge in [-0.3, -0.25) is 14.9 Å². The number of non-ortho nitro benzene ring substituents is 1. The van der Waals surface area contributed by atoms with Gasteiger partial charge in [0.15, 0.2) is 5.69 Å². The van der Waals surface area contributed by atoms with Gasteiger partial charge in [0.05, 0.1) is 4.92 Å². The average Bonchev–Trinajstić information content (AvgIpc) is 2.78. The molecule has 0 fully saturated rings. The number of hydrogen-bond donors (Lipinski definition) is 2. The summed E-state index contributed by atoms with van der Waals surface area (Å²) in [6, 6.07) is 5.71. The maximum atomic E-state index is 11.0. The number of nitro groups is 1. The van der Waals surface area contributed by atoms with Gasteiger partial charge in [-0.05, 0) is 0 Å². The molecule has 0 saturated heterocycles. The van der Waals surface area contributed by atoms with Crippen LogP contribution in [0, 0.1) is 10.1 Å². The highest BCUT2D eigenvalue weighted by Gasteiger charge is 2.17. The largest absolute Gasteiger partial charge is 0.364 e. The molecular weight excluding hydrogens is 226 g/mol. The van der Waals surface area contributed by atoms with Gasteiger partial charge in [-0.1, -0.05) is 12.1 Å². The van der Waals surface area contributed by atoms with Crippen LogP contribution in [-0.2, 0) is 0 Å². The standard InChI is InChI=1S/C9H7N5O3/c10-9(15)8-7(11-13-12-8)5-2-1-3-6(4-5)14(16)17/h1-4H,(H2,10,15)(H,11,12,13). The van der Waals surface area contributed by atoms with Crippen molar-refractivity contribution in [3.05, 3.63) is 40.1 Å². The molecule has 0 aliphatic rings. The van der Waals surface area contributed by atoms with E-state index in [9.17, 15) is 14.9 Å². The third-order valence-corrected chi connectivity index (χ3v) is 2.11. The zero-order valence-corrected chi connectivity index (χ0v) is 8.45. The van der Waals surface area contributed by atoms with Crippen molar-refractivity contribution in [1.82, 2.24) is 15.4 Å². The van der Waals surface area contributed by atoms with Crippen LogP contribution in [0.15, 0.2) is 24.3 Å². The van der Waals surface area contributed by atoms with Gasteiger partial charge in [0, 0.05) is 17.7 Å². The fraction of sp³-hybridized carbons (Fsp3) is 0. The monoisotopic (exact) mass is 233 g/mol. The topological polar surface area (TPSA) is 128 Å². The maximum Gasteiger partial charge on any atom is 0.271 e. The molecule has 1 amide bonds. The summed E-state index contributed by atoms with van der Waals surface area (Å²) < 4.78 is 0. The third kappa shape index (κ3) is 1.95. The summed E-state index contributed by atoms with van der Waals surface area (Å²) in [6.45, 7) is 0. The number of primary amides is 1. The molecule has 8 heteroatoms. The van der Waals surface area contributed by atoms with E-state index in [0.29, 0.717) is 5.56 Å². The highest BCUT2D eigenvalue weighted by molar-refractivity contribution is 5.96. The van der Waals surface area contributed by atoms with Crippen LogP contribution in [0.25, 0.3) is 11.3 Å². The van der Waals surface area contributed by atoms with E-state index < -0.39 is 10.8 Å². The van der Waals surface area contributed by atoms with Crippen molar-refractivity contribution < 1.29 is 9.72 Å². The summed E-state index contributed by atoms with van der Waals surface area (Å²) in [5.74, 6) is -0.750. The van der Waals surface area contributed by atoms with Crippen LogP contribution in [0.4, 0.5) is 5.69 Å². The van der Waals surface area contributed by atoms with E-state index in [1.165, 1.54) is 18.2 Å². The van der Waals surface area contributed by atoms with Gasteiger partial charge in [0.25, 0.3) is 11.6 Å². The second-order valence-corrected chi connectivity index (χ2v) is 3.19. The summed E-state index contributed by atoms with van der Waals surface area (Å²) >= 11 is 0. The molecule has 0 saturated carbocycles. The van der Waals surface area contributed by atoms with E-state index in [2.05, 4.69) is 15.4 Å². The number of carbonyl (C=O) groups is 1. The van der Waals surface area contributed by atoms with Crippen LogP contribution < -0.4 is 5.73 Å². The minimum Gasteiger partial charge on any atom is -0.364 e. The lowest BCUT2D eigenvalue weighted by atomic mass is 10.1. The van der Waals surface area contributed by atoms with Gasteiger partial charge in [0.1, 0.15) is 5.69 Å². The lowest BCUT2D eigenvalue weighted by molar-refractivity contribution is -0.384. The number of nitrogens with zero attached hydrogens (tertiary/aromatic N) is 3. The normalized spacial score (nSPS) is 10.1. The van der Waals surface area contributed by atoms with Crippen LogP contribution in [0.2, 0.25) is 0 Å². The summed E-state index contributed by atoms with van der Waals surface area (Å²) in [5.41, 5.74) is 5.55. The second-order valence-electron chi connectivity index (χ2n) is 3.19. The number of aromatic nitrogens is 3. The molecule has 2 rings (SSSR count). The van der Waals surface area contributed by atoms with Gasteiger partial charge >= 0.3 is 0 Å². The highest BCUT2D eigenvalue weighted by Crippen LogP contribution is 2.23. The van der Waals surface area contributed by atoms with Crippen molar-refractivity contribution in [1.29, 1.82) is 0 Å². The maximum absolute atomic E-state index is 11.0. The molecule has 0 aliphatic heterocycles. The zero-order valence-electron chi connectivity index (χ0n) is 8.45. The number of nitro benzene ring substituents is 1. The fourth-order valence-corrected chi connectivity index (χ4v) is 1.37. The molecule has 1 aromatic heterocycles. The smallest absolute Gasteiger partial charge is 0.271 e. The molecule has 86 valence electrons. The summed E-state index contributed by atoms with van der Waals surface area (Å²) in [6.07, 6.45) is 0. The molecule has 0 atom stereocenters. The second kappa shape index (κ2) is 4.00. The van der Waals surface area contributed by atoms with Crippen LogP contribution in [0.1, 0.15) is 10.5 Å². The Kier molecular flexibility index (Phi) is 2.53. The lowest BCUT2D eigenvalue weighted by Gasteiger charge is -1.97. The molecule has 1 aromatic carbocycles. The Morgan fingerprint density at radius 2 is 2.18 bits per heavy atom. The number of benzene rings is 1. The number of amides is 1. The van der Waals surface area contributed by atoms with Gasteiger partial charge in [-0.2, -0.15) is 15.4 Å². The molecule has 3 N–H and O–H groups in total. The number of H-pyrrole nitrogens is 1. The molecule has 0 aliphatic carbocycles. The molecule has 0 bridgehead atoms. The van der Waals surface area contributed by atoms with Crippen LogP contribution in [0.3, 0.4) is 0 Å². The average molecular weight is 233 g/mol. The van der Waals surface area contributed by atoms with Crippen LogP contribution in [0.5, 0.6) is 0 Å². The van der Waals surface area contributed by atoms with Gasteiger partial charge in [-0.25, -0.2) is 0 Å². The molecule has 0 unspecified atom stereocenters. The predicted molar refractivity (Wildman–Crippen MR) is 57.0 cm³/mol. The Morgan fingerprint density at radius 1 is 1.41 bits per heavy atom. The molecule has 8 nitrogen and oxygen atoms in total. The van der Waals surface area contributed by atoms with Crippen LogP contribution in [-0.4, -0.2) is 26.2 Å². The number of carbonyl (C=O) groups excluding carboxylic acids is 1. The van der Waals surface area contributed by atoms with Crippen molar-refractivity contribution in [2.45, 2.75) is 0 Å². The zero-order chi connectivity index (χ0) is 12.4. The van der Waals surface area contributed by atoms with E-state index in [-0.39, 0.29) is 17.1 Å². The Bertz CT molecular complexity index is 592. The number of hydrogen-bond acceptors (Lipinski definition) is 5. The summed E-state index contributed by atoms with van der Waals surface area (Å²) in [5, 5.41) is 20.2. The van der Waals surface area contributed by atoms with Crippen LogP contribution >= 0.6 is 0 Å². The van der Waals surface area contributed by atoms with Gasteiger partial charge in [0.2, 0.25) is 0 Å². The molecule has 0 spiro atoms. The van der Waals surface area contributed by atoms with E-state index >= 15 is 0 Å². The van der Waals surface area contributed by atoms with Crippen molar-refractivity contribution in [2.75, 3.05) is 0 Å². The first-order valence-electron chi connectivity index (χ1n) is 4.55. The SMILES string of the molecule is NC(=O)c1n[nH]nc1-c1cccc([N+](=O)[O-])c1. The van der Waals surface area contributed by atoms with E-state index in [1.54, 1.807) is 6.07 Å². The fourth-order valence-electron chi connectivity index (χ4n) is 1.37. The van der Waals surface area contributed by atoms with Crippen molar-refractivity contribution in [2.24, 2.45) is 5.73 Å². The van der Waals surface area contributed by atoms with Crippen molar-refractivity contribution in [3.63, 3.8) is 0 Å². The molecule has 17 heavy (non-hydrogen) atoms. The Hall–Kier alpha value is -2.77. The Labute approximate surface area is 94.6 Å². The number of nitrogens with one attached hydrogen (secondary N) is 1. The third-order valence-electron chi connectivity index (χ3n) is 2.11. The van der Waals surface area contributed by atoms with Crippen molar-refractivity contribution >= 4 is 11.6 Å². The molecule has 2 aromatic rings. The molecule has 1 heterocycles. The number of rotatable bonds is 3. The minimum absolute atomic E-state index is 0.0505. The molecule has 0 radical (unpaired) electrons. The predicted octanol–water partition coefficient (Wildman–Crippen LogP) is 0.479. The first kappa shape index (κ1) is 10.7. The summed E-state index contributed by atoms with van der Waals surface area (Å²) in [4.78, 5) is 21.1. The first-order valence-corrected chi connectivity index (χ1v) is 4.55. The van der Waals surface area contributed by atoms with Crippen molar-refractivity contribution in [3.8, 4) is 11.3 Å². The van der Waals surface area contributed by atoms with E-state index in [1.807, 2.05) is 0 Å². The van der Waals surface area contributed by atoms with E-state index in [4.69, 9.17) is 5.73 Å². The number of nitrogens with two attached hydrogens (primary N) is 1. The highest BCUT2D eigenvalue weighted by atomic mass is 16.6. The Morgan fingerprint density at radius 3 is 2.82 bits per heavy atom. The Balaban J connectivity index is 2.53. The first-order chi connectivity index (χ1) is 8.09. The van der Waals surface area contributed by atoms with Gasteiger partial charge in [-0.15, -0.1) is 0 Å². The minimum atomic E-state index is -0.750. The summed E-state index contributed by atoms with van der Waals surface area (Å²) in [7, 11) is 0. The lowest BCUT2D eigenvalue weighted by Crippen LogP contribution is -2.12. The molecular formula is C9H7N5O3. The van der Waals surface area contributed by atoms with Gasteiger partial charge < -0.3 is 5.73 Å². The number of aromatic amines is 1.